The molecule has 3 aromatic carbocycles. The van der Waals surface area contributed by atoms with Crippen LogP contribution in [0.25, 0.3) is 0 Å². The van der Waals surface area contributed by atoms with E-state index in [0.717, 1.165) is 0 Å². The number of fused-ring (bicyclic) bond motifs is 8. The van der Waals surface area contributed by atoms with Crippen molar-refractivity contribution in [2.75, 3.05) is 28.8 Å². The Hall–Kier alpha value is -3.43. The van der Waals surface area contributed by atoms with E-state index in [9.17, 15) is 0 Å². The third-order valence-corrected chi connectivity index (χ3v) is 12.2. The van der Waals surface area contributed by atoms with E-state index in [-0.39, 0.29) is 16.2 Å². The van der Waals surface area contributed by atoms with E-state index < -0.39 is 17.6 Å². The predicted molar refractivity (Wildman–Crippen MR) is 186 cm³/mol. The second-order valence-corrected chi connectivity index (χ2v) is 17.8. The molecule has 0 radical (unpaired) electrons. The van der Waals surface area contributed by atoms with Gasteiger partial charge in [-0.2, -0.15) is 0 Å². The van der Waals surface area contributed by atoms with Crippen molar-refractivity contribution in [3.8, 4) is 0 Å². The number of hydrogen-bond donors (Lipinski definition) is 0. The van der Waals surface area contributed by atoms with Gasteiger partial charge in [0, 0.05) is 0 Å². The fourth-order valence-corrected chi connectivity index (χ4v) is 9.01. The number of nitrogens with zero attached hydrogens (tertiary/aromatic N) is 5. The van der Waals surface area contributed by atoms with E-state index in [0.29, 0.717) is 0 Å². The summed E-state index contributed by atoms with van der Waals surface area (Å²) in [6.45, 7) is 21.1. The van der Waals surface area contributed by atoms with Crippen LogP contribution >= 0.6 is 0 Å². The van der Waals surface area contributed by atoms with E-state index in [1.54, 1.807) is 0 Å². The van der Waals surface area contributed by atoms with Gasteiger partial charge in [0.05, 0.1) is 0 Å². The summed E-state index contributed by atoms with van der Waals surface area (Å²) >= 11 is -0.513. The molecular formula is C38H47N5Pt. The molecule has 0 aliphatic carbocycles. The van der Waals surface area contributed by atoms with Crippen LogP contribution in [-0.4, -0.2) is 32.2 Å². The summed E-state index contributed by atoms with van der Waals surface area (Å²) in [7, 11) is 4.34. The van der Waals surface area contributed by atoms with Gasteiger partial charge in [-0.1, -0.05) is 0 Å². The van der Waals surface area contributed by atoms with Crippen molar-refractivity contribution >= 4 is 36.7 Å². The average Bonchev–Trinajstić information content (AvgIpc) is 3.49. The Balaban J connectivity index is 1.74. The average molecular weight is 769 g/mol. The van der Waals surface area contributed by atoms with E-state index in [4.69, 9.17) is 0 Å². The molecule has 4 bridgehead atoms. The van der Waals surface area contributed by atoms with Gasteiger partial charge in [0.1, 0.15) is 0 Å². The third-order valence-electron chi connectivity index (χ3n) is 8.47. The van der Waals surface area contributed by atoms with Crippen molar-refractivity contribution in [1.29, 1.82) is 0 Å². The quantitative estimate of drug-likeness (QED) is 0.246. The molecule has 5 nitrogen and oxygen atoms in total. The van der Waals surface area contributed by atoms with E-state index in [2.05, 4.69) is 186 Å². The minimum absolute atomic E-state index is 0.0318. The van der Waals surface area contributed by atoms with Gasteiger partial charge in [0.2, 0.25) is 0 Å². The fraction of sp³-hybridized carbons (Fsp3) is 0.368. The summed E-state index contributed by atoms with van der Waals surface area (Å²) in [4.78, 5) is 11.9. The SMILES string of the molecule is CN1C=CN2[C]1=[Pt]=[C]1N(C)C=CN1c1cccc(c1)N(c1c(C(C)(C)C)cc(C(C)(C)C)cc1C(C)(C)C)c1cccc2c1. The van der Waals surface area contributed by atoms with Crippen molar-refractivity contribution in [3.05, 3.63) is 102 Å². The number of benzene rings is 3. The maximum absolute atomic E-state index is 2.53. The van der Waals surface area contributed by atoms with Crippen LogP contribution in [0.4, 0.5) is 28.4 Å². The van der Waals surface area contributed by atoms with Crippen molar-refractivity contribution < 1.29 is 17.6 Å². The molecule has 0 N–H and O–H groups in total. The van der Waals surface area contributed by atoms with Crippen molar-refractivity contribution in [1.82, 2.24) is 9.80 Å². The van der Waals surface area contributed by atoms with Crippen molar-refractivity contribution in [2.45, 2.75) is 78.6 Å². The number of hydrogen-bond acceptors (Lipinski definition) is 5. The zero-order chi connectivity index (χ0) is 31.8. The second-order valence-electron chi connectivity index (χ2n) is 15.2. The van der Waals surface area contributed by atoms with Gasteiger partial charge in [-0.05, 0) is 0 Å². The zero-order valence-corrected chi connectivity index (χ0v) is 30.4. The van der Waals surface area contributed by atoms with Crippen LogP contribution in [0.15, 0.2) is 85.5 Å². The first kappa shape index (κ1) is 30.6. The molecule has 3 aliphatic heterocycles. The third kappa shape index (κ3) is 5.38. The zero-order valence-electron chi connectivity index (χ0n) is 28.1. The Morgan fingerprint density at radius 1 is 0.500 bits per heavy atom. The first-order chi connectivity index (χ1) is 20.5. The molecule has 3 heterocycles. The van der Waals surface area contributed by atoms with Crippen LogP contribution in [0.1, 0.15) is 79.0 Å². The monoisotopic (exact) mass is 768 g/mol. The van der Waals surface area contributed by atoms with E-state index >= 15 is 0 Å². The Labute approximate surface area is 272 Å². The van der Waals surface area contributed by atoms with Gasteiger partial charge in [-0.3, -0.25) is 0 Å². The molecule has 3 aliphatic rings. The van der Waals surface area contributed by atoms with Crippen LogP contribution in [0, 0.1) is 0 Å². The minimum atomic E-state index is -0.513. The number of anilines is 5. The van der Waals surface area contributed by atoms with Gasteiger partial charge in [0.15, 0.2) is 0 Å². The van der Waals surface area contributed by atoms with Gasteiger partial charge >= 0.3 is 274 Å². The molecule has 3 aromatic rings. The molecule has 0 saturated carbocycles. The Kier molecular flexibility index (Phi) is 7.36. The molecule has 234 valence electrons. The molecule has 0 aromatic heterocycles. The predicted octanol–water partition coefficient (Wildman–Crippen LogP) is 8.77. The van der Waals surface area contributed by atoms with Crippen molar-refractivity contribution in [3.63, 3.8) is 0 Å². The molecule has 44 heavy (non-hydrogen) atoms. The maximum atomic E-state index is 2.53. The van der Waals surface area contributed by atoms with Gasteiger partial charge < -0.3 is 0 Å². The molecule has 0 amide bonds. The molecular weight excluding hydrogens is 722 g/mol. The summed E-state index contributed by atoms with van der Waals surface area (Å²) in [5.74, 6) is 0. The summed E-state index contributed by atoms with van der Waals surface area (Å²) in [5.41, 5.74) is 9.96. The standard InChI is InChI=1S/C38H47N5.Pt/c1-36(2,3)28-22-33(37(4,5)6)35(34(23-28)38(7,8)9)43(31-16-12-14-29(24-31)41-20-18-39(10)26-41)32-17-13-15-30(25-32)42-21-19-40(11)27-42;/h12-25H,1-11H3;. The number of rotatable bonds is 1. The van der Waals surface area contributed by atoms with Gasteiger partial charge in [-0.15, -0.1) is 0 Å². The van der Waals surface area contributed by atoms with Gasteiger partial charge in [-0.25, -0.2) is 0 Å². The van der Waals surface area contributed by atoms with E-state index in [1.807, 2.05) is 0 Å². The first-order valence-corrected chi connectivity index (χ1v) is 17.7. The van der Waals surface area contributed by atoms with Crippen LogP contribution < -0.4 is 14.7 Å². The summed E-state index contributed by atoms with van der Waals surface area (Å²) in [6, 6.07) is 23.2. The topological polar surface area (TPSA) is 16.2 Å². The van der Waals surface area contributed by atoms with Gasteiger partial charge in [0.25, 0.3) is 0 Å². The molecule has 0 fully saturated rings. The molecule has 6 rings (SSSR count). The summed E-state index contributed by atoms with van der Waals surface area (Å²) in [6.07, 6.45) is 8.81. The van der Waals surface area contributed by atoms with Crippen LogP contribution in [0.2, 0.25) is 0 Å². The molecule has 6 heteroatoms. The van der Waals surface area contributed by atoms with Crippen LogP contribution in [-0.2, 0) is 33.9 Å². The molecule has 0 spiro atoms. The van der Waals surface area contributed by atoms with Crippen LogP contribution in [0.5, 0.6) is 0 Å². The molecule has 0 saturated heterocycles. The Morgan fingerprint density at radius 3 is 1.30 bits per heavy atom. The molecule has 0 unspecified atom stereocenters. The first-order valence-electron chi connectivity index (χ1n) is 15.5. The van der Waals surface area contributed by atoms with Crippen molar-refractivity contribution in [2.24, 2.45) is 0 Å². The molecule has 0 atom stereocenters. The Morgan fingerprint density at radius 2 is 0.909 bits per heavy atom. The fourth-order valence-electron chi connectivity index (χ4n) is 5.94. The van der Waals surface area contributed by atoms with Crippen LogP contribution in [0.3, 0.4) is 0 Å². The summed E-state index contributed by atoms with van der Waals surface area (Å²) < 4.78 is 2.67. The summed E-state index contributed by atoms with van der Waals surface area (Å²) in [5, 5.41) is 0. The second kappa shape index (κ2) is 10.6. The Bertz CT molecular complexity index is 1640. The normalized spacial score (nSPS) is 17.0. The van der Waals surface area contributed by atoms with E-state index in [1.165, 1.54) is 53.4 Å².